The van der Waals surface area contributed by atoms with Gasteiger partial charge in [0.1, 0.15) is 0 Å². The van der Waals surface area contributed by atoms with Gasteiger partial charge >= 0.3 is 0 Å². The summed E-state index contributed by atoms with van der Waals surface area (Å²) in [6.45, 7) is 5.02. The summed E-state index contributed by atoms with van der Waals surface area (Å²) in [5, 5.41) is 2.88. The number of benzene rings is 3. The summed E-state index contributed by atoms with van der Waals surface area (Å²) < 4.78 is 29.3. The number of piperazine rings is 1. The fourth-order valence-corrected chi connectivity index (χ4v) is 5.26. The Kier molecular flexibility index (Phi) is 8.17. The minimum atomic E-state index is -3.42. The highest BCUT2D eigenvalue weighted by atomic mass is 32.2. The van der Waals surface area contributed by atoms with Crippen molar-refractivity contribution in [3.63, 3.8) is 0 Å². The molecule has 0 radical (unpaired) electrons. The van der Waals surface area contributed by atoms with Crippen LogP contribution in [0.25, 0.3) is 0 Å². The summed E-state index contributed by atoms with van der Waals surface area (Å²) in [5.74, 6) is -0.378. The fourth-order valence-electron chi connectivity index (χ4n) is 4.09. The van der Waals surface area contributed by atoms with E-state index in [1.54, 1.807) is 0 Å². The third kappa shape index (κ3) is 6.69. The molecule has 0 aromatic heterocycles. The largest absolute Gasteiger partial charge is 0.384 e. The number of amides is 1. The van der Waals surface area contributed by atoms with Crippen molar-refractivity contribution in [2.45, 2.75) is 11.4 Å². The summed E-state index contributed by atoms with van der Waals surface area (Å²) in [4.78, 5) is 17.6. The topological polar surface area (TPSA) is 78.9 Å². The Balaban J connectivity index is 1.29. The van der Waals surface area contributed by atoms with Gasteiger partial charge in [0.2, 0.25) is 0 Å². The van der Waals surface area contributed by atoms with E-state index in [9.17, 15) is 13.2 Å². The zero-order chi connectivity index (χ0) is 24.7. The van der Waals surface area contributed by atoms with Crippen molar-refractivity contribution in [1.82, 2.24) is 4.90 Å². The van der Waals surface area contributed by atoms with Crippen molar-refractivity contribution in [2.75, 3.05) is 55.9 Å². The number of rotatable bonds is 9. The summed E-state index contributed by atoms with van der Waals surface area (Å²) >= 11 is 0. The summed E-state index contributed by atoms with van der Waals surface area (Å²) in [6.07, 6.45) is 0. The minimum Gasteiger partial charge on any atom is -0.384 e. The highest BCUT2D eigenvalue weighted by Crippen LogP contribution is 2.21. The number of ether oxygens (including phenoxy) is 1. The molecule has 0 bridgehead atoms. The van der Waals surface area contributed by atoms with Crippen molar-refractivity contribution >= 4 is 27.1 Å². The van der Waals surface area contributed by atoms with Crippen LogP contribution in [0.4, 0.5) is 11.4 Å². The fraction of sp³-hybridized carbons (Fsp3) is 0.296. The second-order valence-electron chi connectivity index (χ2n) is 8.59. The lowest BCUT2D eigenvalue weighted by molar-refractivity contribution is 0.102. The van der Waals surface area contributed by atoms with Gasteiger partial charge in [0.25, 0.3) is 5.91 Å². The predicted molar refractivity (Wildman–Crippen MR) is 139 cm³/mol. The number of sulfone groups is 1. The molecule has 8 heteroatoms. The van der Waals surface area contributed by atoms with Crippen molar-refractivity contribution in [3.05, 3.63) is 90.0 Å². The number of carbonyl (C=O) groups excluding carboxylic acids is 1. The van der Waals surface area contributed by atoms with Gasteiger partial charge in [-0.05, 0) is 54.1 Å². The van der Waals surface area contributed by atoms with Crippen LogP contribution < -0.4 is 10.2 Å². The number of hydrogen-bond donors (Lipinski definition) is 1. The van der Waals surface area contributed by atoms with Crippen molar-refractivity contribution in [1.29, 1.82) is 0 Å². The molecule has 4 rings (SSSR count). The van der Waals surface area contributed by atoms with Crippen LogP contribution >= 0.6 is 0 Å². The lowest BCUT2D eigenvalue weighted by Crippen LogP contribution is -2.45. The lowest BCUT2D eigenvalue weighted by atomic mass is 10.2. The van der Waals surface area contributed by atoms with E-state index in [0.29, 0.717) is 11.3 Å². The Morgan fingerprint density at radius 2 is 1.54 bits per heavy atom. The standard InChI is InChI=1S/C27H31N3O4S/c1-34-19-20-35(32,33)26-13-7-23(8-14-26)27(31)28-24-9-11-25(12-10-24)30-17-15-29(16-18-30)21-22-5-3-2-4-6-22/h2-14H,15-21H2,1H3,(H,28,31). The molecule has 35 heavy (non-hydrogen) atoms. The van der Waals surface area contributed by atoms with E-state index in [1.807, 2.05) is 30.3 Å². The summed E-state index contributed by atoms with van der Waals surface area (Å²) in [6, 6.07) is 24.3. The van der Waals surface area contributed by atoms with Crippen LogP contribution in [0.2, 0.25) is 0 Å². The SMILES string of the molecule is COCCS(=O)(=O)c1ccc(C(=O)Nc2ccc(N3CCN(Cc4ccccc4)CC3)cc2)cc1. The average Bonchev–Trinajstić information content (AvgIpc) is 2.89. The molecule has 3 aromatic rings. The van der Waals surface area contributed by atoms with Gasteiger partial charge in [-0.2, -0.15) is 0 Å². The van der Waals surface area contributed by atoms with Crippen LogP contribution in [0, 0.1) is 0 Å². The molecule has 1 saturated heterocycles. The molecule has 1 fully saturated rings. The van der Waals surface area contributed by atoms with E-state index in [-0.39, 0.29) is 23.2 Å². The molecular formula is C27H31N3O4S. The second-order valence-corrected chi connectivity index (χ2v) is 10.7. The van der Waals surface area contributed by atoms with Crippen molar-refractivity contribution in [3.8, 4) is 0 Å². The van der Waals surface area contributed by atoms with E-state index in [1.165, 1.54) is 36.9 Å². The van der Waals surface area contributed by atoms with Crippen LogP contribution in [-0.4, -0.2) is 64.9 Å². The number of methoxy groups -OCH3 is 1. The van der Waals surface area contributed by atoms with E-state index >= 15 is 0 Å². The van der Waals surface area contributed by atoms with E-state index in [0.717, 1.165) is 38.4 Å². The molecule has 0 unspecified atom stereocenters. The van der Waals surface area contributed by atoms with Crippen LogP contribution in [0.3, 0.4) is 0 Å². The molecule has 1 heterocycles. The first-order chi connectivity index (χ1) is 16.9. The predicted octanol–water partition coefficient (Wildman–Crippen LogP) is 3.68. The maximum absolute atomic E-state index is 12.6. The zero-order valence-corrected chi connectivity index (χ0v) is 20.7. The summed E-state index contributed by atoms with van der Waals surface area (Å²) in [5.41, 5.74) is 3.56. The Hall–Kier alpha value is -3.20. The van der Waals surface area contributed by atoms with Crippen LogP contribution in [0.15, 0.2) is 83.8 Å². The van der Waals surface area contributed by atoms with Gasteiger partial charge in [-0.15, -0.1) is 0 Å². The quantitative estimate of drug-likeness (QED) is 0.490. The Morgan fingerprint density at radius 3 is 2.17 bits per heavy atom. The Morgan fingerprint density at radius 1 is 0.886 bits per heavy atom. The smallest absolute Gasteiger partial charge is 0.255 e. The van der Waals surface area contributed by atoms with E-state index in [4.69, 9.17) is 4.74 Å². The molecular weight excluding hydrogens is 462 g/mol. The Labute approximate surface area is 207 Å². The van der Waals surface area contributed by atoms with Gasteiger partial charge in [-0.3, -0.25) is 9.69 Å². The normalized spacial score (nSPS) is 14.6. The molecule has 0 saturated carbocycles. The van der Waals surface area contributed by atoms with Crippen LogP contribution in [0.1, 0.15) is 15.9 Å². The lowest BCUT2D eigenvalue weighted by Gasteiger charge is -2.36. The van der Waals surface area contributed by atoms with E-state index in [2.05, 4.69) is 39.4 Å². The molecule has 1 amide bonds. The first kappa shape index (κ1) is 24.9. The second kappa shape index (κ2) is 11.5. The summed E-state index contributed by atoms with van der Waals surface area (Å²) in [7, 11) is -1.96. The van der Waals surface area contributed by atoms with Gasteiger partial charge in [0.05, 0.1) is 17.3 Å². The highest BCUT2D eigenvalue weighted by molar-refractivity contribution is 7.91. The molecule has 0 spiro atoms. The van der Waals surface area contributed by atoms with Crippen LogP contribution in [0.5, 0.6) is 0 Å². The molecule has 184 valence electrons. The van der Waals surface area contributed by atoms with Crippen LogP contribution in [-0.2, 0) is 21.1 Å². The van der Waals surface area contributed by atoms with Gasteiger partial charge < -0.3 is 15.0 Å². The van der Waals surface area contributed by atoms with E-state index < -0.39 is 9.84 Å². The van der Waals surface area contributed by atoms with Gasteiger partial charge in [-0.1, -0.05) is 30.3 Å². The third-order valence-electron chi connectivity index (χ3n) is 6.14. The first-order valence-electron chi connectivity index (χ1n) is 11.7. The molecule has 3 aromatic carbocycles. The maximum Gasteiger partial charge on any atom is 0.255 e. The van der Waals surface area contributed by atoms with Gasteiger partial charge in [0.15, 0.2) is 9.84 Å². The number of nitrogens with one attached hydrogen (secondary N) is 1. The minimum absolute atomic E-state index is 0.0938. The number of hydrogen-bond acceptors (Lipinski definition) is 6. The molecule has 0 atom stereocenters. The monoisotopic (exact) mass is 493 g/mol. The Bertz CT molecular complexity index is 1210. The van der Waals surface area contributed by atoms with Crippen molar-refractivity contribution in [2.24, 2.45) is 0 Å². The zero-order valence-electron chi connectivity index (χ0n) is 19.9. The molecule has 1 aliphatic rings. The third-order valence-corrected chi connectivity index (χ3v) is 7.84. The number of anilines is 2. The number of nitrogens with zero attached hydrogens (tertiary/aromatic N) is 2. The number of carbonyl (C=O) groups is 1. The average molecular weight is 494 g/mol. The molecule has 1 N–H and O–H groups in total. The molecule has 1 aliphatic heterocycles. The van der Waals surface area contributed by atoms with Gasteiger partial charge in [0, 0.05) is 56.8 Å². The maximum atomic E-state index is 12.6. The molecule has 0 aliphatic carbocycles. The first-order valence-corrected chi connectivity index (χ1v) is 13.3. The molecule has 7 nitrogen and oxygen atoms in total. The highest BCUT2D eigenvalue weighted by Gasteiger charge is 2.18. The van der Waals surface area contributed by atoms with Crippen molar-refractivity contribution < 1.29 is 17.9 Å². The van der Waals surface area contributed by atoms with Gasteiger partial charge in [-0.25, -0.2) is 8.42 Å².